The maximum atomic E-state index is 5.77. The maximum absolute atomic E-state index is 5.77. The number of rotatable bonds is 5. The van der Waals surface area contributed by atoms with Crippen molar-refractivity contribution >= 4 is 22.8 Å². The SMILES string of the molecule is c1ccc(-c2nnc(CSc3ncnc4c3cnn4-c3ccccc3)o2)cc1. The van der Waals surface area contributed by atoms with Crippen LogP contribution in [0.5, 0.6) is 0 Å². The molecule has 3 aromatic heterocycles. The van der Waals surface area contributed by atoms with E-state index in [1.54, 1.807) is 17.2 Å². The fourth-order valence-electron chi connectivity index (χ4n) is 2.84. The fourth-order valence-corrected chi connectivity index (χ4v) is 3.63. The normalized spacial score (nSPS) is 11.1. The number of thioether (sulfide) groups is 1. The molecular weight excluding hydrogens is 372 g/mol. The fraction of sp³-hybridized carbons (Fsp3) is 0.0500. The Morgan fingerprint density at radius 1 is 0.893 bits per heavy atom. The van der Waals surface area contributed by atoms with Gasteiger partial charge in [-0.05, 0) is 24.3 Å². The molecule has 0 aliphatic heterocycles. The Labute approximate surface area is 164 Å². The topological polar surface area (TPSA) is 82.5 Å². The van der Waals surface area contributed by atoms with E-state index < -0.39 is 0 Å². The van der Waals surface area contributed by atoms with Gasteiger partial charge in [-0.1, -0.05) is 48.2 Å². The lowest BCUT2D eigenvalue weighted by molar-refractivity contribution is 0.528. The van der Waals surface area contributed by atoms with Crippen LogP contribution in [0.3, 0.4) is 0 Å². The monoisotopic (exact) mass is 386 g/mol. The molecular formula is C20H14N6OS. The molecule has 0 bridgehead atoms. The van der Waals surface area contributed by atoms with Crippen molar-refractivity contribution in [1.82, 2.24) is 29.9 Å². The molecule has 0 aliphatic carbocycles. The van der Waals surface area contributed by atoms with Crippen LogP contribution in [0.25, 0.3) is 28.2 Å². The quantitative estimate of drug-likeness (QED) is 0.331. The van der Waals surface area contributed by atoms with Crippen molar-refractivity contribution < 1.29 is 4.42 Å². The van der Waals surface area contributed by atoms with E-state index in [1.165, 1.54) is 11.8 Å². The van der Waals surface area contributed by atoms with Crippen molar-refractivity contribution in [1.29, 1.82) is 0 Å². The zero-order chi connectivity index (χ0) is 18.8. The van der Waals surface area contributed by atoms with Gasteiger partial charge in [0.1, 0.15) is 11.4 Å². The molecule has 0 amide bonds. The van der Waals surface area contributed by atoms with Crippen molar-refractivity contribution in [3.05, 3.63) is 79.1 Å². The second-order valence-corrected chi connectivity index (χ2v) is 6.93. The van der Waals surface area contributed by atoms with Crippen molar-refractivity contribution in [3.63, 3.8) is 0 Å². The van der Waals surface area contributed by atoms with Gasteiger partial charge in [-0.15, -0.1) is 10.2 Å². The molecule has 2 aromatic carbocycles. The first kappa shape index (κ1) is 16.6. The van der Waals surface area contributed by atoms with E-state index in [4.69, 9.17) is 4.42 Å². The van der Waals surface area contributed by atoms with Gasteiger partial charge in [0.25, 0.3) is 0 Å². The number of hydrogen-bond acceptors (Lipinski definition) is 7. The van der Waals surface area contributed by atoms with E-state index in [0.717, 1.165) is 27.3 Å². The van der Waals surface area contributed by atoms with Gasteiger partial charge in [-0.3, -0.25) is 0 Å². The number of aromatic nitrogens is 6. The first-order valence-electron chi connectivity index (χ1n) is 8.63. The van der Waals surface area contributed by atoms with Crippen molar-refractivity contribution in [2.24, 2.45) is 0 Å². The van der Waals surface area contributed by atoms with Crippen LogP contribution in [-0.2, 0) is 5.75 Å². The number of para-hydroxylation sites is 1. The summed E-state index contributed by atoms with van der Waals surface area (Å²) in [6, 6.07) is 19.6. The first-order valence-corrected chi connectivity index (χ1v) is 9.62. The summed E-state index contributed by atoms with van der Waals surface area (Å²) >= 11 is 1.52. The predicted octanol–water partition coefficient (Wildman–Crippen LogP) is 4.16. The van der Waals surface area contributed by atoms with Gasteiger partial charge in [0.2, 0.25) is 11.8 Å². The Balaban J connectivity index is 1.39. The van der Waals surface area contributed by atoms with E-state index in [1.807, 2.05) is 60.7 Å². The third-order valence-corrected chi connectivity index (χ3v) is 5.14. The molecule has 5 rings (SSSR count). The standard InChI is InChI=1S/C20H14N6OS/c1-3-7-14(8-4-1)19-25-24-17(27-19)12-28-20-16-11-23-26(18(16)21-13-22-20)15-9-5-2-6-10-15/h1-11,13H,12H2. The van der Waals surface area contributed by atoms with Crippen molar-refractivity contribution in [3.8, 4) is 17.1 Å². The Bertz CT molecular complexity index is 1220. The molecule has 0 N–H and O–H groups in total. The second kappa shape index (κ2) is 7.24. The van der Waals surface area contributed by atoms with Crippen LogP contribution in [0.4, 0.5) is 0 Å². The van der Waals surface area contributed by atoms with Gasteiger partial charge in [0.15, 0.2) is 5.65 Å². The van der Waals surface area contributed by atoms with E-state index in [2.05, 4.69) is 25.3 Å². The molecule has 28 heavy (non-hydrogen) atoms. The summed E-state index contributed by atoms with van der Waals surface area (Å²) < 4.78 is 7.58. The molecule has 8 heteroatoms. The number of benzene rings is 2. The minimum atomic E-state index is 0.515. The molecule has 7 nitrogen and oxygen atoms in total. The average Bonchev–Trinajstić information content (AvgIpc) is 3.41. The predicted molar refractivity (Wildman–Crippen MR) is 106 cm³/mol. The zero-order valence-electron chi connectivity index (χ0n) is 14.6. The molecule has 0 saturated heterocycles. The third-order valence-electron chi connectivity index (χ3n) is 4.15. The van der Waals surface area contributed by atoms with Crippen LogP contribution in [-0.4, -0.2) is 29.9 Å². The molecule has 136 valence electrons. The lowest BCUT2D eigenvalue weighted by atomic mass is 10.2. The van der Waals surface area contributed by atoms with Gasteiger partial charge < -0.3 is 4.42 Å². The minimum absolute atomic E-state index is 0.515. The number of fused-ring (bicyclic) bond motifs is 1. The Morgan fingerprint density at radius 2 is 1.68 bits per heavy atom. The molecule has 0 atom stereocenters. The summed E-state index contributed by atoms with van der Waals surface area (Å²) in [5, 5.41) is 14.5. The summed E-state index contributed by atoms with van der Waals surface area (Å²) in [5.41, 5.74) is 2.62. The summed E-state index contributed by atoms with van der Waals surface area (Å²) in [4.78, 5) is 8.80. The van der Waals surface area contributed by atoms with Crippen molar-refractivity contribution in [2.45, 2.75) is 10.8 Å². The van der Waals surface area contributed by atoms with Crippen LogP contribution >= 0.6 is 11.8 Å². The van der Waals surface area contributed by atoms with Crippen molar-refractivity contribution in [2.75, 3.05) is 0 Å². The molecule has 0 radical (unpaired) electrons. The smallest absolute Gasteiger partial charge is 0.247 e. The number of nitrogens with zero attached hydrogens (tertiary/aromatic N) is 6. The number of hydrogen-bond donors (Lipinski definition) is 0. The molecule has 0 aliphatic rings. The molecule has 0 spiro atoms. The first-order chi connectivity index (χ1) is 13.9. The Kier molecular flexibility index (Phi) is 4.30. The highest BCUT2D eigenvalue weighted by Crippen LogP contribution is 2.28. The largest absolute Gasteiger partial charge is 0.420 e. The Morgan fingerprint density at radius 3 is 2.50 bits per heavy atom. The molecule has 0 unspecified atom stereocenters. The van der Waals surface area contributed by atoms with Gasteiger partial charge in [-0.25, -0.2) is 14.6 Å². The van der Waals surface area contributed by atoms with Gasteiger partial charge in [0, 0.05) is 5.56 Å². The maximum Gasteiger partial charge on any atom is 0.247 e. The molecule has 0 saturated carbocycles. The van der Waals surface area contributed by atoms with E-state index in [9.17, 15) is 0 Å². The minimum Gasteiger partial charge on any atom is -0.420 e. The van der Waals surface area contributed by atoms with Crippen LogP contribution in [0.2, 0.25) is 0 Å². The van der Waals surface area contributed by atoms with Crippen LogP contribution in [0, 0.1) is 0 Å². The highest BCUT2D eigenvalue weighted by Gasteiger charge is 2.14. The van der Waals surface area contributed by atoms with Crippen LogP contribution < -0.4 is 0 Å². The summed E-state index contributed by atoms with van der Waals surface area (Å²) in [6.45, 7) is 0. The summed E-state index contributed by atoms with van der Waals surface area (Å²) in [6.07, 6.45) is 3.34. The zero-order valence-corrected chi connectivity index (χ0v) is 15.5. The highest BCUT2D eigenvalue weighted by molar-refractivity contribution is 7.98. The average molecular weight is 386 g/mol. The molecule has 5 aromatic rings. The highest BCUT2D eigenvalue weighted by atomic mass is 32.2. The summed E-state index contributed by atoms with van der Waals surface area (Å²) in [5.74, 6) is 1.58. The third kappa shape index (κ3) is 3.14. The van der Waals surface area contributed by atoms with Gasteiger partial charge in [-0.2, -0.15) is 5.10 Å². The van der Waals surface area contributed by atoms with E-state index >= 15 is 0 Å². The van der Waals surface area contributed by atoms with E-state index in [0.29, 0.717) is 17.5 Å². The lowest BCUT2D eigenvalue weighted by Gasteiger charge is -2.03. The molecule has 3 heterocycles. The summed E-state index contributed by atoms with van der Waals surface area (Å²) in [7, 11) is 0. The van der Waals surface area contributed by atoms with Gasteiger partial charge >= 0.3 is 0 Å². The lowest BCUT2D eigenvalue weighted by Crippen LogP contribution is -1.97. The molecule has 0 fully saturated rings. The van der Waals surface area contributed by atoms with Crippen LogP contribution in [0.1, 0.15) is 5.89 Å². The Hall–Kier alpha value is -3.52. The second-order valence-electron chi connectivity index (χ2n) is 5.96. The van der Waals surface area contributed by atoms with E-state index in [-0.39, 0.29) is 0 Å². The van der Waals surface area contributed by atoms with Gasteiger partial charge in [0.05, 0.1) is 23.0 Å². The van der Waals surface area contributed by atoms with Crippen LogP contribution in [0.15, 0.2) is 82.6 Å².